The van der Waals surface area contributed by atoms with Crippen LogP contribution in [0.15, 0.2) is 5.29 Å². The summed E-state index contributed by atoms with van der Waals surface area (Å²) in [6.07, 6.45) is -9.74. The third-order valence-corrected chi connectivity index (χ3v) is 4.38. The van der Waals surface area contributed by atoms with E-state index >= 15 is 0 Å². The lowest BCUT2D eigenvalue weighted by atomic mass is 9.97. The van der Waals surface area contributed by atoms with E-state index < -0.39 is 43.0 Å². The van der Waals surface area contributed by atoms with Gasteiger partial charge in [0.25, 0.3) is 0 Å². The Bertz CT molecular complexity index is 516. The molecule has 0 aromatic heterocycles. The Morgan fingerprint density at radius 2 is 1.86 bits per heavy atom. The molecular formula is C16H30ClN3O9. The molecule has 1 aliphatic heterocycles. The fraction of sp³-hybridized carbons (Fsp3) is 0.938. The van der Waals surface area contributed by atoms with Crippen LogP contribution in [0.1, 0.15) is 13.8 Å². The monoisotopic (exact) mass is 443 g/mol. The minimum atomic E-state index is -1.82. The van der Waals surface area contributed by atoms with E-state index in [9.17, 15) is 30.1 Å². The van der Waals surface area contributed by atoms with Gasteiger partial charge in [0, 0.05) is 19.5 Å². The van der Waals surface area contributed by atoms with Crippen molar-refractivity contribution in [1.82, 2.24) is 9.91 Å². The van der Waals surface area contributed by atoms with Crippen LogP contribution in [-0.2, 0) is 14.2 Å². The van der Waals surface area contributed by atoms with Crippen molar-refractivity contribution in [1.29, 1.82) is 0 Å². The first-order chi connectivity index (χ1) is 13.7. The molecule has 0 bridgehead atoms. The quantitative estimate of drug-likeness (QED) is 0.137. The SMILES string of the molecule is COCCN(C(=O)N(CCCl)N=O)C(O)[C@H]1O[C@@H](OCC(C)C)[C@H](O)[C@@H](O)[C@@H]1O. The lowest BCUT2D eigenvalue weighted by Crippen LogP contribution is -2.65. The van der Waals surface area contributed by atoms with Gasteiger partial charge in [-0.05, 0) is 5.92 Å². The van der Waals surface area contributed by atoms with Gasteiger partial charge in [-0.15, -0.1) is 16.5 Å². The zero-order chi connectivity index (χ0) is 22.1. The maximum atomic E-state index is 12.6. The first kappa shape index (κ1) is 25.9. The number of urea groups is 1. The summed E-state index contributed by atoms with van der Waals surface area (Å²) in [4.78, 5) is 24.4. The van der Waals surface area contributed by atoms with Crippen LogP contribution in [0.25, 0.3) is 0 Å². The number of alkyl halides is 1. The number of aliphatic hydroxyl groups is 4. The van der Waals surface area contributed by atoms with Crippen molar-refractivity contribution in [3.8, 4) is 0 Å². The number of aliphatic hydroxyl groups excluding tert-OH is 4. The van der Waals surface area contributed by atoms with E-state index in [4.69, 9.17) is 25.8 Å². The van der Waals surface area contributed by atoms with E-state index in [1.807, 2.05) is 13.8 Å². The number of methoxy groups -OCH3 is 1. The zero-order valence-electron chi connectivity index (χ0n) is 16.6. The van der Waals surface area contributed by atoms with E-state index in [0.717, 1.165) is 4.90 Å². The second kappa shape index (κ2) is 12.5. The molecule has 1 rings (SSSR count). The number of nitrogens with zero attached hydrogens (tertiary/aromatic N) is 3. The number of amides is 2. The second-order valence-electron chi connectivity index (χ2n) is 6.94. The van der Waals surface area contributed by atoms with Gasteiger partial charge in [0.1, 0.15) is 24.4 Å². The Morgan fingerprint density at radius 3 is 2.38 bits per heavy atom. The Labute approximate surface area is 173 Å². The Balaban J connectivity index is 3.05. The van der Waals surface area contributed by atoms with Crippen LogP contribution in [-0.4, -0.2) is 113 Å². The number of nitroso groups, excluding NO2 is 1. The summed E-state index contributed by atoms with van der Waals surface area (Å²) >= 11 is 5.55. The van der Waals surface area contributed by atoms with Crippen molar-refractivity contribution in [2.24, 2.45) is 11.2 Å². The standard InChI is InChI=1S/C16H30ClN3O9/c1-9(2)8-28-15-12(23)10(21)11(22)13(29-15)14(24)19(6-7-27-3)16(25)20(18-26)5-4-17/h9-15,21-24H,4-8H2,1-3H3/t10-,11-,12+,13-,14?,15+/m0/s1. The maximum Gasteiger partial charge on any atom is 0.345 e. The molecule has 2 amide bonds. The van der Waals surface area contributed by atoms with Crippen LogP contribution in [0.2, 0.25) is 0 Å². The first-order valence-electron chi connectivity index (χ1n) is 9.15. The molecule has 0 aromatic carbocycles. The number of ether oxygens (including phenoxy) is 3. The van der Waals surface area contributed by atoms with E-state index in [2.05, 4.69) is 5.29 Å². The fourth-order valence-corrected chi connectivity index (χ4v) is 2.81. The van der Waals surface area contributed by atoms with Gasteiger partial charge < -0.3 is 34.6 Å². The predicted octanol–water partition coefficient (Wildman–Crippen LogP) is -0.924. The molecule has 29 heavy (non-hydrogen) atoms. The average Bonchev–Trinajstić information content (AvgIpc) is 2.69. The van der Waals surface area contributed by atoms with Gasteiger partial charge in [0.05, 0.1) is 25.0 Å². The topological polar surface area (TPSA) is 162 Å². The predicted molar refractivity (Wildman–Crippen MR) is 101 cm³/mol. The maximum absolute atomic E-state index is 12.6. The van der Waals surface area contributed by atoms with E-state index in [0.29, 0.717) is 5.01 Å². The summed E-state index contributed by atoms with van der Waals surface area (Å²) in [7, 11) is 1.37. The number of carbonyl (C=O) groups is 1. The number of hydrogen-bond donors (Lipinski definition) is 4. The van der Waals surface area contributed by atoms with Crippen LogP contribution in [0, 0.1) is 10.8 Å². The largest absolute Gasteiger partial charge is 0.387 e. The summed E-state index contributed by atoms with van der Waals surface area (Å²) in [5.41, 5.74) is 0. The molecule has 1 heterocycles. The highest BCUT2D eigenvalue weighted by atomic mass is 35.5. The van der Waals surface area contributed by atoms with Crippen LogP contribution in [0.3, 0.4) is 0 Å². The normalized spacial score (nSPS) is 28.2. The number of carbonyl (C=O) groups excluding carboxylic acids is 1. The molecule has 0 saturated carbocycles. The molecule has 13 heteroatoms. The number of rotatable bonds is 11. The Hall–Kier alpha value is -1.12. The molecule has 1 fully saturated rings. The van der Waals surface area contributed by atoms with E-state index in [1.165, 1.54) is 7.11 Å². The van der Waals surface area contributed by atoms with Crippen LogP contribution in [0.4, 0.5) is 4.79 Å². The van der Waals surface area contributed by atoms with Crippen molar-refractivity contribution in [2.45, 2.75) is 50.8 Å². The molecule has 0 aromatic rings. The van der Waals surface area contributed by atoms with Crippen molar-refractivity contribution >= 4 is 17.6 Å². The van der Waals surface area contributed by atoms with Gasteiger partial charge in [-0.25, -0.2) is 4.79 Å². The summed E-state index contributed by atoms with van der Waals surface area (Å²) in [5.74, 6) is 0.00490. The molecule has 6 atom stereocenters. The smallest absolute Gasteiger partial charge is 0.345 e. The van der Waals surface area contributed by atoms with E-state index in [1.54, 1.807) is 0 Å². The average molecular weight is 444 g/mol. The van der Waals surface area contributed by atoms with Gasteiger partial charge >= 0.3 is 6.03 Å². The third-order valence-electron chi connectivity index (χ3n) is 4.21. The summed E-state index contributed by atoms with van der Waals surface area (Å²) < 4.78 is 15.8. The third kappa shape index (κ3) is 6.96. The second-order valence-corrected chi connectivity index (χ2v) is 7.32. The van der Waals surface area contributed by atoms with Crippen LogP contribution < -0.4 is 0 Å². The fourth-order valence-electron chi connectivity index (χ4n) is 2.65. The lowest BCUT2D eigenvalue weighted by Gasteiger charge is -2.44. The molecular weight excluding hydrogens is 414 g/mol. The summed E-state index contributed by atoms with van der Waals surface area (Å²) in [6, 6.07) is -0.999. The Morgan fingerprint density at radius 1 is 1.21 bits per heavy atom. The molecule has 0 spiro atoms. The summed E-state index contributed by atoms with van der Waals surface area (Å²) in [5, 5.41) is 44.3. The molecule has 1 aliphatic rings. The van der Waals surface area contributed by atoms with Crippen molar-refractivity contribution in [3.05, 3.63) is 4.91 Å². The molecule has 1 saturated heterocycles. The number of halogens is 1. The van der Waals surface area contributed by atoms with Gasteiger partial charge in [-0.2, -0.15) is 5.01 Å². The van der Waals surface area contributed by atoms with Crippen molar-refractivity contribution in [3.63, 3.8) is 0 Å². The zero-order valence-corrected chi connectivity index (χ0v) is 17.4. The van der Waals surface area contributed by atoms with Crippen molar-refractivity contribution < 1.29 is 39.4 Å². The van der Waals surface area contributed by atoms with Gasteiger partial charge in [-0.1, -0.05) is 13.8 Å². The highest BCUT2D eigenvalue weighted by molar-refractivity contribution is 6.18. The highest BCUT2D eigenvalue weighted by Gasteiger charge is 2.49. The summed E-state index contributed by atoms with van der Waals surface area (Å²) in [6.45, 7) is 3.48. The van der Waals surface area contributed by atoms with Gasteiger partial charge in [-0.3, -0.25) is 4.90 Å². The van der Waals surface area contributed by atoms with Crippen LogP contribution in [0.5, 0.6) is 0 Å². The minimum Gasteiger partial charge on any atom is -0.387 e. The number of hydrogen-bond acceptors (Lipinski definition) is 10. The van der Waals surface area contributed by atoms with Gasteiger partial charge in [0.15, 0.2) is 12.5 Å². The molecule has 0 radical (unpaired) electrons. The molecule has 1 unspecified atom stereocenters. The Kier molecular flexibility index (Phi) is 11.2. The van der Waals surface area contributed by atoms with Crippen LogP contribution >= 0.6 is 11.6 Å². The highest BCUT2D eigenvalue weighted by Crippen LogP contribution is 2.26. The van der Waals surface area contributed by atoms with E-state index in [-0.39, 0.29) is 38.1 Å². The van der Waals surface area contributed by atoms with Gasteiger partial charge in [0.2, 0.25) is 0 Å². The molecule has 170 valence electrons. The first-order valence-corrected chi connectivity index (χ1v) is 9.68. The minimum absolute atomic E-state index is 0.0162. The molecule has 12 nitrogen and oxygen atoms in total. The molecule has 4 N–H and O–H groups in total. The lowest BCUT2D eigenvalue weighted by molar-refractivity contribution is -0.319. The molecule has 0 aliphatic carbocycles. The van der Waals surface area contributed by atoms with Crippen molar-refractivity contribution in [2.75, 3.05) is 39.3 Å².